The average Bonchev–Trinajstić information content (AvgIpc) is 2.93. The molecular formula is C18H21NO4. The average molecular weight is 315 g/mol. The van der Waals surface area contributed by atoms with Gasteiger partial charge in [0, 0.05) is 5.69 Å². The molecule has 1 amide bonds. The van der Waals surface area contributed by atoms with Crippen LogP contribution in [-0.4, -0.2) is 18.0 Å². The summed E-state index contributed by atoms with van der Waals surface area (Å²) in [5, 5.41) is 2.73. The fourth-order valence-electron chi connectivity index (χ4n) is 2.07. The number of hydrogen-bond donors (Lipinski definition) is 1. The number of esters is 1. The summed E-state index contributed by atoms with van der Waals surface area (Å²) in [5.41, 5.74) is 2.19. The number of rotatable bonds is 5. The number of nitrogens with one attached hydrogen (secondary N) is 1. The van der Waals surface area contributed by atoms with Crippen molar-refractivity contribution in [3.05, 3.63) is 53.5 Å². The molecule has 5 nitrogen and oxygen atoms in total. The van der Waals surface area contributed by atoms with E-state index in [1.165, 1.54) is 24.8 Å². The van der Waals surface area contributed by atoms with E-state index in [4.69, 9.17) is 9.15 Å². The van der Waals surface area contributed by atoms with Crippen LogP contribution >= 0.6 is 0 Å². The normalized spacial score (nSPS) is 12.0. The molecule has 1 atom stereocenters. The van der Waals surface area contributed by atoms with Crippen LogP contribution in [0.4, 0.5) is 5.69 Å². The molecule has 0 bridgehead atoms. The van der Waals surface area contributed by atoms with Gasteiger partial charge in [-0.2, -0.15) is 0 Å². The first kappa shape index (κ1) is 16.8. The third-order valence-corrected chi connectivity index (χ3v) is 3.58. The number of carbonyl (C=O) groups is 2. The van der Waals surface area contributed by atoms with E-state index < -0.39 is 12.1 Å². The van der Waals surface area contributed by atoms with Crippen LogP contribution in [0.5, 0.6) is 0 Å². The van der Waals surface area contributed by atoms with E-state index in [0.717, 1.165) is 0 Å². The molecule has 1 heterocycles. The zero-order chi connectivity index (χ0) is 17.0. The number of anilines is 1. The molecule has 0 saturated carbocycles. The van der Waals surface area contributed by atoms with Crippen molar-refractivity contribution in [2.75, 3.05) is 5.32 Å². The lowest BCUT2D eigenvalue weighted by atomic mass is 10.0. The highest BCUT2D eigenvalue weighted by molar-refractivity contribution is 5.97. The second-order valence-electron chi connectivity index (χ2n) is 5.70. The molecule has 23 heavy (non-hydrogen) atoms. The van der Waals surface area contributed by atoms with Crippen LogP contribution < -0.4 is 5.32 Å². The number of ether oxygens (including phenoxy) is 1. The molecule has 2 aromatic rings. The summed E-state index contributed by atoms with van der Waals surface area (Å²) in [7, 11) is 0. The predicted molar refractivity (Wildman–Crippen MR) is 87.5 cm³/mol. The highest BCUT2D eigenvalue weighted by Crippen LogP contribution is 2.17. The van der Waals surface area contributed by atoms with Crippen molar-refractivity contribution in [2.24, 2.45) is 0 Å². The van der Waals surface area contributed by atoms with Gasteiger partial charge in [0.25, 0.3) is 5.91 Å². The fourth-order valence-corrected chi connectivity index (χ4v) is 2.07. The number of furan rings is 1. The molecule has 1 aromatic carbocycles. The highest BCUT2D eigenvalue weighted by Gasteiger charge is 2.21. The van der Waals surface area contributed by atoms with Crippen LogP contribution in [0, 0.1) is 6.92 Å². The third kappa shape index (κ3) is 4.22. The van der Waals surface area contributed by atoms with Gasteiger partial charge in [0.1, 0.15) is 11.3 Å². The van der Waals surface area contributed by atoms with Crippen molar-refractivity contribution >= 4 is 17.6 Å². The molecule has 0 aliphatic rings. The lowest BCUT2D eigenvalue weighted by Gasteiger charge is -2.14. The van der Waals surface area contributed by atoms with E-state index >= 15 is 0 Å². The van der Waals surface area contributed by atoms with Gasteiger partial charge in [-0.1, -0.05) is 26.0 Å². The zero-order valence-electron chi connectivity index (χ0n) is 13.8. The molecular weight excluding hydrogens is 294 g/mol. The maximum absolute atomic E-state index is 12.1. The first-order chi connectivity index (χ1) is 10.9. The Balaban J connectivity index is 1.94. The van der Waals surface area contributed by atoms with E-state index in [2.05, 4.69) is 19.2 Å². The topological polar surface area (TPSA) is 68.5 Å². The Bertz CT molecular complexity index is 685. The van der Waals surface area contributed by atoms with Crippen LogP contribution in [0.1, 0.15) is 48.4 Å². The minimum atomic E-state index is -0.901. The fraction of sp³-hybridized carbons (Fsp3) is 0.333. The molecule has 5 heteroatoms. The second kappa shape index (κ2) is 7.13. The Kier molecular flexibility index (Phi) is 5.21. The van der Waals surface area contributed by atoms with Crippen LogP contribution in [0.2, 0.25) is 0 Å². The largest absolute Gasteiger partial charge is 0.469 e. The smallest absolute Gasteiger partial charge is 0.342 e. The van der Waals surface area contributed by atoms with Gasteiger partial charge in [0.15, 0.2) is 6.10 Å². The van der Waals surface area contributed by atoms with Crippen molar-refractivity contribution in [1.29, 1.82) is 0 Å². The minimum Gasteiger partial charge on any atom is -0.469 e. The lowest BCUT2D eigenvalue weighted by molar-refractivity contribution is -0.123. The molecule has 0 fully saturated rings. The molecule has 0 unspecified atom stereocenters. The summed E-state index contributed by atoms with van der Waals surface area (Å²) in [5.74, 6) is -0.0597. The van der Waals surface area contributed by atoms with E-state index in [0.29, 0.717) is 22.9 Å². The maximum atomic E-state index is 12.1. The van der Waals surface area contributed by atoms with Gasteiger partial charge in [-0.3, -0.25) is 4.79 Å². The first-order valence-corrected chi connectivity index (χ1v) is 7.54. The Morgan fingerprint density at radius 3 is 2.26 bits per heavy atom. The van der Waals surface area contributed by atoms with Gasteiger partial charge < -0.3 is 14.5 Å². The Labute approximate surface area is 135 Å². The van der Waals surface area contributed by atoms with Crippen molar-refractivity contribution < 1.29 is 18.7 Å². The summed E-state index contributed by atoms with van der Waals surface area (Å²) in [4.78, 5) is 24.1. The van der Waals surface area contributed by atoms with Crippen LogP contribution in [0.3, 0.4) is 0 Å². The number of aryl methyl sites for hydroxylation is 1. The summed E-state index contributed by atoms with van der Waals surface area (Å²) in [6.07, 6.45) is 0.508. The molecule has 122 valence electrons. The summed E-state index contributed by atoms with van der Waals surface area (Å²) in [6, 6.07) is 9.12. The van der Waals surface area contributed by atoms with Gasteiger partial charge in [-0.15, -0.1) is 0 Å². The summed E-state index contributed by atoms with van der Waals surface area (Å²) >= 11 is 0. The molecule has 0 saturated heterocycles. The van der Waals surface area contributed by atoms with Crippen molar-refractivity contribution in [3.8, 4) is 0 Å². The number of hydrogen-bond acceptors (Lipinski definition) is 4. The standard InChI is InChI=1S/C18H21NO4/c1-11(2)14-5-7-15(8-6-14)19-17(20)13(4)23-18(21)16-9-10-22-12(16)3/h5-11,13H,1-4H3,(H,19,20)/t13-/m0/s1. The van der Waals surface area contributed by atoms with Crippen LogP contribution in [0.15, 0.2) is 41.0 Å². The maximum Gasteiger partial charge on any atom is 0.342 e. The van der Waals surface area contributed by atoms with Gasteiger partial charge in [0.2, 0.25) is 0 Å². The van der Waals surface area contributed by atoms with Crippen molar-refractivity contribution in [3.63, 3.8) is 0 Å². The monoisotopic (exact) mass is 315 g/mol. The van der Waals surface area contributed by atoms with E-state index in [-0.39, 0.29) is 5.91 Å². The Morgan fingerprint density at radius 1 is 1.09 bits per heavy atom. The first-order valence-electron chi connectivity index (χ1n) is 7.54. The van der Waals surface area contributed by atoms with Crippen molar-refractivity contribution in [2.45, 2.75) is 39.7 Å². The van der Waals surface area contributed by atoms with E-state index in [1.54, 1.807) is 6.92 Å². The number of benzene rings is 1. The van der Waals surface area contributed by atoms with Gasteiger partial charge >= 0.3 is 5.97 Å². The molecule has 1 aromatic heterocycles. The third-order valence-electron chi connectivity index (χ3n) is 3.58. The SMILES string of the molecule is Cc1occc1C(=O)O[C@@H](C)C(=O)Nc1ccc(C(C)C)cc1. The van der Waals surface area contributed by atoms with E-state index in [1.807, 2.05) is 24.3 Å². The van der Waals surface area contributed by atoms with Gasteiger partial charge in [0.05, 0.1) is 6.26 Å². The number of amides is 1. The van der Waals surface area contributed by atoms with Gasteiger partial charge in [-0.05, 0) is 43.5 Å². The molecule has 0 radical (unpaired) electrons. The summed E-state index contributed by atoms with van der Waals surface area (Å²) < 4.78 is 10.2. The Hall–Kier alpha value is -2.56. The van der Waals surface area contributed by atoms with E-state index in [9.17, 15) is 9.59 Å². The molecule has 1 N–H and O–H groups in total. The molecule has 0 aliphatic heterocycles. The minimum absolute atomic E-state index is 0.325. The molecule has 0 spiro atoms. The van der Waals surface area contributed by atoms with Crippen molar-refractivity contribution in [1.82, 2.24) is 0 Å². The van der Waals surface area contributed by atoms with Crippen LogP contribution in [-0.2, 0) is 9.53 Å². The zero-order valence-corrected chi connectivity index (χ0v) is 13.8. The quantitative estimate of drug-likeness (QED) is 0.850. The molecule has 0 aliphatic carbocycles. The number of carbonyl (C=O) groups excluding carboxylic acids is 2. The predicted octanol–water partition coefficient (Wildman–Crippen LogP) is 3.90. The second-order valence-corrected chi connectivity index (χ2v) is 5.70. The summed E-state index contributed by atoms with van der Waals surface area (Å²) in [6.45, 7) is 7.41. The lowest BCUT2D eigenvalue weighted by Crippen LogP contribution is -2.30. The highest BCUT2D eigenvalue weighted by atomic mass is 16.5. The Morgan fingerprint density at radius 2 is 1.74 bits per heavy atom. The van der Waals surface area contributed by atoms with Crippen LogP contribution in [0.25, 0.3) is 0 Å². The molecule has 2 rings (SSSR count). The van der Waals surface area contributed by atoms with Gasteiger partial charge in [-0.25, -0.2) is 4.79 Å².